The molecule has 0 aliphatic carbocycles. The summed E-state index contributed by atoms with van der Waals surface area (Å²) in [7, 11) is 2.98. The van der Waals surface area contributed by atoms with Gasteiger partial charge in [0, 0.05) is 20.3 Å². The first-order valence-corrected chi connectivity index (χ1v) is 6.74. The zero-order valence-corrected chi connectivity index (χ0v) is 12.9. The maximum absolute atomic E-state index is 12.4. The predicted octanol–water partition coefficient (Wildman–Crippen LogP) is 2.52. The van der Waals surface area contributed by atoms with E-state index in [0.29, 0.717) is 23.7 Å². The number of rotatable bonds is 6. The fourth-order valence-corrected chi connectivity index (χ4v) is 2.21. The van der Waals surface area contributed by atoms with Gasteiger partial charge in [0.15, 0.2) is 25.1 Å². The van der Waals surface area contributed by atoms with Crippen molar-refractivity contribution >= 4 is 17.4 Å². The number of ether oxygens (including phenoxy) is 5. The first kappa shape index (κ1) is 15.9. The molecule has 1 aliphatic heterocycles. The van der Waals surface area contributed by atoms with E-state index in [2.05, 4.69) is 0 Å². The lowest BCUT2D eigenvalue weighted by Gasteiger charge is -2.25. The van der Waals surface area contributed by atoms with Gasteiger partial charge < -0.3 is 23.7 Å². The molecule has 7 heteroatoms. The molecule has 0 fully saturated rings. The minimum atomic E-state index is -0.260. The number of halogens is 1. The number of carbonyl (C=O) groups is 1. The van der Waals surface area contributed by atoms with Crippen LogP contribution in [0.15, 0.2) is 6.07 Å². The molecular weight excluding hydrogens is 300 g/mol. The maximum atomic E-state index is 12.4. The van der Waals surface area contributed by atoms with E-state index in [9.17, 15) is 4.79 Å². The quantitative estimate of drug-likeness (QED) is 0.751. The topological polar surface area (TPSA) is 63.2 Å². The molecule has 0 aromatic heterocycles. The highest BCUT2D eigenvalue weighted by Gasteiger charge is 2.32. The lowest BCUT2D eigenvalue weighted by atomic mass is 9.95. The van der Waals surface area contributed by atoms with Gasteiger partial charge in [-0.2, -0.15) is 0 Å². The molecule has 1 unspecified atom stereocenters. The van der Waals surface area contributed by atoms with Crippen molar-refractivity contribution in [2.45, 2.75) is 6.92 Å². The predicted molar refractivity (Wildman–Crippen MR) is 75.4 cm³/mol. The van der Waals surface area contributed by atoms with Crippen LogP contribution in [0.3, 0.4) is 0 Å². The van der Waals surface area contributed by atoms with E-state index in [1.807, 2.05) is 0 Å². The molecular formula is C14H17ClO6. The van der Waals surface area contributed by atoms with Gasteiger partial charge in [-0.3, -0.25) is 4.79 Å². The second-order valence-corrected chi connectivity index (χ2v) is 4.95. The second-order valence-electron chi connectivity index (χ2n) is 4.57. The van der Waals surface area contributed by atoms with Gasteiger partial charge in [0.2, 0.25) is 0 Å². The maximum Gasteiger partial charge on any atom is 0.188 e. The van der Waals surface area contributed by atoms with E-state index < -0.39 is 0 Å². The molecule has 116 valence electrons. The molecule has 0 spiro atoms. The molecule has 6 nitrogen and oxygen atoms in total. The summed E-state index contributed by atoms with van der Waals surface area (Å²) >= 11 is 6.26. The third-order valence-electron chi connectivity index (χ3n) is 2.99. The zero-order valence-electron chi connectivity index (χ0n) is 12.1. The lowest BCUT2D eigenvalue weighted by molar-refractivity contribution is 0.0443. The Hall–Kier alpha value is -1.50. The summed E-state index contributed by atoms with van der Waals surface area (Å²) in [5.41, 5.74) is 0.320. The van der Waals surface area contributed by atoms with Crippen molar-refractivity contribution in [3.8, 4) is 17.2 Å². The van der Waals surface area contributed by atoms with Crippen LogP contribution in [-0.2, 0) is 9.47 Å². The number of hydrogen-bond acceptors (Lipinski definition) is 6. The molecule has 0 saturated heterocycles. The number of hydrogen-bond donors (Lipinski definition) is 0. The van der Waals surface area contributed by atoms with Crippen LogP contribution in [0.1, 0.15) is 17.3 Å². The van der Waals surface area contributed by atoms with Gasteiger partial charge in [0.25, 0.3) is 0 Å². The summed E-state index contributed by atoms with van der Waals surface area (Å²) in [5, 5.41) is 0.189. The molecule has 2 rings (SSSR count). The van der Waals surface area contributed by atoms with Gasteiger partial charge in [-0.25, -0.2) is 0 Å². The second kappa shape index (κ2) is 6.98. The first-order chi connectivity index (χ1) is 10.1. The van der Waals surface area contributed by atoms with Gasteiger partial charge in [-0.15, -0.1) is 0 Å². The Bertz CT molecular complexity index is 531. The number of ketones is 1. The largest absolute Gasteiger partial charge is 0.492 e. The van der Waals surface area contributed by atoms with Crippen molar-refractivity contribution in [2.24, 2.45) is 5.92 Å². The summed E-state index contributed by atoms with van der Waals surface area (Å²) in [5.74, 6) is 0.579. The lowest BCUT2D eigenvalue weighted by Crippen LogP contribution is -2.26. The van der Waals surface area contributed by atoms with E-state index in [4.69, 9.17) is 35.3 Å². The standard InChI is InChI=1S/C14H17ClO6/c1-8-5-19-9-4-10(20-6-17-2)12(15)14(21-7-18-3)11(9)13(8)16/h4,8H,5-7H2,1-3H3. The number of Topliss-reactive ketones (excluding diaryl/α,β-unsaturated/α-hetero) is 1. The van der Waals surface area contributed by atoms with E-state index >= 15 is 0 Å². The van der Waals surface area contributed by atoms with Crippen molar-refractivity contribution < 1.29 is 28.5 Å². The minimum absolute atomic E-state index is 0.0204. The highest BCUT2D eigenvalue weighted by atomic mass is 35.5. The Balaban J connectivity index is 2.48. The van der Waals surface area contributed by atoms with Gasteiger partial charge in [0.1, 0.15) is 22.1 Å². The Labute approximate surface area is 127 Å². The molecule has 1 aromatic rings. The summed E-state index contributed by atoms with van der Waals surface area (Å²) in [6.07, 6.45) is 0. The summed E-state index contributed by atoms with van der Waals surface area (Å²) < 4.78 is 26.1. The Morgan fingerprint density at radius 3 is 2.62 bits per heavy atom. The van der Waals surface area contributed by atoms with Crippen molar-refractivity contribution in [3.63, 3.8) is 0 Å². The van der Waals surface area contributed by atoms with Crippen LogP contribution in [0, 0.1) is 5.92 Å². The van der Waals surface area contributed by atoms with Crippen LogP contribution < -0.4 is 14.2 Å². The molecule has 1 heterocycles. The molecule has 0 N–H and O–H groups in total. The fourth-order valence-electron chi connectivity index (χ4n) is 1.95. The van der Waals surface area contributed by atoms with Crippen molar-refractivity contribution in [1.82, 2.24) is 0 Å². The Morgan fingerprint density at radius 2 is 1.95 bits per heavy atom. The molecule has 1 aliphatic rings. The minimum Gasteiger partial charge on any atom is -0.492 e. The van der Waals surface area contributed by atoms with Gasteiger partial charge >= 0.3 is 0 Å². The monoisotopic (exact) mass is 316 g/mol. The van der Waals surface area contributed by atoms with Crippen molar-refractivity contribution in [1.29, 1.82) is 0 Å². The highest BCUT2D eigenvalue weighted by molar-refractivity contribution is 6.34. The summed E-state index contributed by atoms with van der Waals surface area (Å²) in [6, 6.07) is 1.57. The van der Waals surface area contributed by atoms with Crippen molar-refractivity contribution in [3.05, 3.63) is 16.7 Å². The van der Waals surface area contributed by atoms with Crippen LogP contribution in [0.2, 0.25) is 5.02 Å². The van der Waals surface area contributed by atoms with Gasteiger partial charge in [0.05, 0.1) is 12.5 Å². The third kappa shape index (κ3) is 3.23. The Morgan fingerprint density at radius 1 is 1.29 bits per heavy atom. The average Bonchev–Trinajstić information content (AvgIpc) is 2.48. The van der Waals surface area contributed by atoms with Crippen LogP contribution in [0.4, 0.5) is 0 Å². The van der Waals surface area contributed by atoms with Crippen LogP contribution in [0.25, 0.3) is 0 Å². The molecule has 0 amide bonds. The van der Waals surface area contributed by atoms with E-state index in [1.165, 1.54) is 14.2 Å². The molecule has 0 radical (unpaired) electrons. The Kier molecular flexibility index (Phi) is 5.27. The number of carbonyl (C=O) groups excluding carboxylic acids is 1. The van der Waals surface area contributed by atoms with E-state index in [0.717, 1.165) is 0 Å². The molecule has 0 saturated carbocycles. The summed E-state index contributed by atoms with van der Waals surface area (Å²) in [4.78, 5) is 12.4. The molecule has 1 atom stereocenters. The number of fused-ring (bicyclic) bond motifs is 1. The van der Waals surface area contributed by atoms with Gasteiger partial charge in [-0.1, -0.05) is 18.5 Å². The van der Waals surface area contributed by atoms with Crippen LogP contribution >= 0.6 is 11.6 Å². The summed E-state index contributed by atoms with van der Waals surface area (Å²) in [6.45, 7) is 2.07. The first-order valence-electron chi connectivity index (χ1n) is 6.37. The highest BCUT2D eigenvalue weighted by Crippen LogP contribution is 2.45. The normalized spacial score (nSPS) is 17.1. The molecule has 1 aromatic carbocycles. The zero-order chi connectivity index (χ0) is 15.4. The molecule has 21 heavy (non-hydrogen) atoms. The fraction of sp³-hybridized carbons (Fsp3) is 0.500. The number of methoxy groups -OCH3 is 2. The van der Waals surface area contributed by atoms with Crippen LogP contribution in [-0.4, -0.2) is 40.2 Å². The smallest absolute Gasteiger partial charge is 0.188 e. The van der Waals surface area contributed by atoms with Crippen LogP contribution in [0.5, 0.6) is 17.2 Å². The number of benzene rings is 1. The van der Waals surface area contributed by atoms with Crippen molar-refractivity contribution in [2.75, 3.05) is 34.4 Å². The SMILES string of the molecule is COCOc1cc2c(c(OCOC)c1Cl)C(=O)C(C)CO2. The third-order valence-corrected chi connectivity index (χ3v) is 3.35. The van der Waals surface area contributed by atoms with Gasteiger partial charge in [-0.05, 0) is 0 Å². The average molecular weight is 317 g/mol. The van der Waals surface area contributed by atoms with E-state index in [-0.39, 0.29) is 36.1 Å². The van der Waals surface area contributed by atoms with E-state index in [1.54, 1.807) is 13.0 Å². The molecule has 0 bridgehead atoms.